The number of hydrogen-bond donors (Lipinski definition) is 2. The summed E-state index contributed by atoms with van der Waals surface area (Å²) < 4.78 is 0. The van der Waals surface area contributed by atoms with Crippen LogP contribution in [-0.4, -0.2) is 33.9 Å². The van der Waals surface area contributed by atoms with Crippen LogP contribution in [0.1, 0.15) is 35.8 Å². The predicted octanol–water partition coefficient (Wildman–Crippen LogP) is 2.54. The first kappa shape index (κ1) is 16.4. The summed E-state index contributed by atoms with van der Waals surface area (Å²) in [6.07, 6.45) is 5.51. The number of nitrogens with one attached hydrogen (secondary N) is 1. The zero-order chi connectivity index (χ0) is 16.9. The number of benzene rings is 1. The van der Waals surface area contributed by atoms with E-state index in [2.05, 4.69) is 39.2 Å². The lowest BCUT2D eigenvalue weighted by atomic mass is 10.00. The van der Waals surface area contributed by atoms with E-state index in [9.17, 15) is 4.79 Å². The summed E-state index contributed by atoms with van der Waals surface area (Å²) in [5, 5.41) is 2.80. The minimum atomic E-state index is -0.349. The van der Waals surface area contributed by atoms with E-state index in [1.807, 2.05) is 12.1 Å². The number of hydrogen-bond acceptors (Lipinski definition) is 5. The van der Waals surface area contributed by atoms with E-state index in [1.54, 1.807) is 0 Å². The van der Waals surface area contributed by atoms with E-state index in [1.165, 1.54) is 30.8 Å². The van der Waals surface area contributed by atoms with Gasteiger partial charge in [0.2, 0.25) is 0 Å². The molecule has 1 saturated heterocycles. The van der Waals surface area contributed by atoms with Crippen molar-refractivity contribution in [2.45, 2.75) is 26.3 Å². The van der Waals surface area contributed by atoms with Crippen LogP contribution < -0.4 is 11.1 Å². The zero-order valence-electron chi connectivity index (χ0n) is 13.9. The van der Waals surface area contributed by atoms with Gasteiger partial charge in [-0.15, -0.1) is 0 Å². The van der Waals surface area contributed by atoms with Gasteiger partial charge in [-0.25, -0.2) is 9.97 Å². The topological polar surface area (TPSA) is 84.1 Å². The summed E-state index contributed by atoms with van der Waals surface area (Å²) in [5.41, 5.74) is 7.79. The molecule has 1 aliphatic heterocycles. The highest BCUT2D eigenvalue weighted by molar-refractivity contribution is 6.05. The summed E-state index contributed by atoms with van der Waals surface area (Å²) in [6, 6.07) is 7.92. The van der Waals surface area contributed by atoms with Crippen molar-refractivity contribution in [3.63, 3.8) is 0 Å². The van der Waals surface area contributed by atoms with Gasteiger partial charge in [0.05, 0.1) is 0 Å². The molecule has 0 radical (unpaired) electrons. The van der Waals surface area contributed by atoms with Crippen LogP contribution in [0.4, 0.5) is 11.5 Å². The van der Waals surface area contributed by atoms with Crippen LogP contribution in [0.25, 0.3) is 0 Å². The van der Waals surface area contributed by atoms with Crippen molar-refractivity contribution in [2.24, 2.45) is 5.92 Å². The minimum absolute atomic E-state index is 0.130. The molecule has 0 aliphatic carbocycles. The van der Waals surface area contributed by atoms with Crippen molar-refractivity contribution in [1.29, 1.82) is 0 Å². The molecule has 1 aromatic heterocycles. The first-order valence-corrected chi connectivity index (χ1v) is 8.31. The molecule has 1 aliphatic rings. The Morgan fingerprint density at radius 3 is 2.75 bits per heavy atom. The summed E-state index contributed by atoms with van der Waals surface area (Å²) in [6.45, 7) is 5.58. The molecular formula is C18H23N5O. The zero-order valence-corrected chi connectivity index (χ0v) is 13.9. The van der Waals surface area contributed by atoms with Gasteiger partial charge in [-0.05, 0) is 43.0 Å². The van der Waals surface area contributed by atoms with Crippen LogP contribution >= 0.6 is 0 Å². The second-order valence-electron chi connectivity index (χ2n) is 6.42. The summed E-state index contributed by atoms with van der Waals surface area (Å²) >= 11 is 0. The monoisotopic (exact) mass is 325 g/mol. The van der Waals surface area contributed by atoms with Crippen LogP contribution in [0, 0.1) is 5.92 Å². The smallest absolute Gasteiger partial charge is 0.278 e. The number of nitrogens with two attached hydrogens (primary N) is 1. The number of rotatable bonds is 4. The van der Waals surface area contributed by atoms with Gasteiger partial charge in [-0.2, -0.15) is 0 Å². The molecule has 2 heterocycles. The standard InChI is InChI=1S/C18H23N5O/c1-13-3-2-10-23(11-13)12-14-4-6-15(7-5-14)22-18(24)16-17(19)21-9-8-20-16/h4-9,13H,2-3,10-12H2,1H3,(H2,19,21)(H,22,24). The number of likely N-dealkylation sites (tertiary alicyclic amines) is 1. The highest BCUT2D eigenvalue weighted by Crippen LogP contribution is 2.19. The van der Waals surface area contributed by atoms with Gasteiger partial charge in [0.15, 0.2) is 11.5 Å². The Morgan fingerprint density at radius 2 is 2.04 bits per heavy atom. The molecule has 1 fully saturated rings. The number of nitrogens with zero attached hydrogens (tertiary/aromatic N) is 3. The van der Waals surface area contributed by atoms with Crippen LogP contribution in [-0.2, 0) is 6.54 Å². The Labute approximate surface area is 142 Å². The average Bonchev–Trinajstić information content (AvgIpc) is 2.57. The third kappa shape index (κ3) is 4.08. The number of carbonyl (C=O) groups excluding carboxylic acids is 1. The van der Waals surface area contributed by atoms with Crippen LogP contribution in [0.2, 0.25) is 0 Å². The lowest BCUT2D eigenvalue weighted by Crippen LogP contribution is -2.33. The fourth-order valence-electron chi connectivity index (χ4n) is 3.10. The van der Waals surface area contributed by atoms with E-state index in [0.717, 1.165) is 31.2 Å². The molecule has 1 aromatic carbocycles. The number of carbonyl (C=O) groups is 1. The predicted molar refractivity (Wildman–Crippen MR) is 94.5 cm³/mol. The molecule has 126 valence electrons. The molecule has 6 nitrogen and oxygen atoms in total. The van der Waals surface area contributed by atoms with Crippen molar-refractivity contribution in [2.75, 3.05) is 24.1 Å². The molecular weight excluding hydrogens is 302 g/mol. The number of aromatic nitrogens is 2. The van der Waals surface area contributed by atoms with Gasteiger partial charge >= 0.3 is 0 Å². The molecule has 1 amide bonds. The lowest BCUT2D eigenvalue weighted by molar-refractivity contribution is 0.102. The third-order valence-corrected chi connectivity index (χ3v) is 4.30. The van der Waals surface area contributed by atoms with Gasteiger partial charge in [0.25, 0.3) is 5.91 Å². The van der Waals surface area contributed by atoms with Gasteiger partial charge in [-0.3, -0.25) is 9.69 Å². The largest absolute Gasteiger partial charge is 0.382 e. The maximum Gasteiger partial charge on any atom is 0.278 e. The SMILES string of the molecule is CC1CCCN(Cc2ccc(NC(=O)c3nccnc3N)cc2)C1. The Kier molecular flexibility index (Phi) is 5.05. The molecule has 1 unspecified atom stereocenters. The van der Waals surface area contributed by atoms with Gasteiger partial charge < -0.3 is 11.1 Å². The highest BCUT2D eigenvalue weighted by Gasteiger charge is 2.16. The number of nitrogen functional groups attached to an aromatic ring is 1. The Bertz CT molecular complexity index is 701. The van der Waals surface area contributed by atoms with E-state index < -0.39 is 0 Å². The lowest BCUT2D eigenvalue weighted by Gasteiger charge is -2.30. The van der Waals surface area contributed by atoms with Crippen LogP contribution in [0.5, 0.6) is 0 Å². The third-order valence-electron chi connectivity index (χ3n) is 4.30. The maximum atomic E-state index is 12.2. The van der Waals surface area contributed by atoms with Gasteiger partial charge in [0.1, 0.15) is 0 Å². The first-order valence-electron chi connectivity index (χ1n) is 8.31. The minimum Gasteiger partial charge on any atom is -0.382 e. The molecule has 1 atom stereocenters. The van der Waals surface area contributed by atoms with E-state index >= 15 is 0 Å². The van der Waals surface area contributed by atoms with Gasteiger partial charge in [-0.1, -0.05) is 19.1 Å². The molecule has 3 rings (SSSR count). The molecule has 3 N–H and O–H groups in total. The quantitative estimate of drug-likeness (QED) is 0.902. The summed E-state index contributed by atoms with van der Waals surface area (Å²) in [4.78, 5) is 22.5. The molecule has 6 heteroatoms. The Morgan fingerprint density at radius 1 is 1.29 bits per heavy atom. The fourth-order valence-corrected chi connectivity index (χ4v) is 3.10. The van der Waals surface area contributed by atoms with E-state index in [0.29, 0.717) is 0 Å². The number of amides is 1. The summed E-state index contributed by atoms with van der Waals surface area (Å²) in [5.74, 6) is 0.554. The van der Waals surface area contributed by atoms with Crippen molar-refractivity contribution < 1.29 is 4.79 Å². The fraction of sp³-hybridized carbons (Fsp3) is 0.389. The van der Waals surface area contributed by atoms with Crippen molar-refractivity contribution in [1.82, 2.24) is 14.9 Å². The molecule has 0 saturated carbocycles. The van der Waals surface area contributed by atoms with Crippen molar-refractivity contribution in [3.8, 4) is 0 Å². The first-order chi connectivity index (χ1) is 11.6. The maximum absolute atomic E-state index is 12.2. The molecule has 2 aromatic rings. The molecule has 24 heavy (non-hydrogen) atoms. The van der Waals surface area contributed by atoms with Crippen molar-refractivity contribution in [3.05, 3.63) is 47.9 Å². The summed E-state index contributed by atoms with van der Waals surface area (Å²) in [7, 11) is 0. The highest BCUT2D eigenvalue weighted by atomic mass is 16.1. The number of anilines is 2. The molecule has 0 spiro atoms. The number of piperidine rings is 1. The van der Waals surface area contributed by atoms with Gasteiger partial charge in [0, 0.05) is 31.2 Å². The Balaban J connectivity index is 1.60. The molecule has 0 bridgehead atoms. The van der Waals surface area contributed by atoms with Crippen LogP contribution in [0.3, 0.4) is 0 Å². The van der Waals surface area contributed by atoms with Crippen molar-refractivity contribution >= 4 is 17.4 Å². The normalized spacial score (nSPS) is 18.3. The second kappa shape index (κ2) is 7.40. The second-order valence-corrected chi connectivity index (χ2v) is 6.42. The van der Waals surface area contributed by atoms with E-state index in [4.69, 9.17) is 5.73 Å². The van der Waals surface area contributed by atoms with E-state index in [-0.39, 0.29) is 17.4 Å². The van der Waals surface area contributed by atoms with Crippen LogP contribution in [0.15, 0.2) is 36.7 Å². The average molecular weight is 325 g/mol. The Hall–Kier alpha value is -2.47.